The van der Waals surface area contributed by atoms with E-state index in [2.05, 4.69) is 66.8 Å². The van der Waals surface area contributed by atoms with E-state index >= 15 is 0 Å². The van der Waals surface area contributed by atoms with Gasteiger partial charge < -0.3 is 4.57 Å². The van der Waals surface area contributed by atoms with E-state index in [4.69, 9.17) is 0 Å². The second-order valence-corrected chi connectivity index (χ2v) is 3.91. The molecule has 2 aromatic rings. The van der Waals surface area contributed by atoms with Gasteiger partial charge in [0.25, 0.3) is 0 Å². The highest BCUT2D eigenvalue weighted by atomic mass is 15.0. The van der Waals surface area contributed by atoms with Gasteiger partial charge in [-0.3, -0.25) is 0 Å². The van der Waals surface area contributed by atoms with E-state index in [-0.39, 0.29) is 0 Å². The minimum atomic E-state index is 1.03. The number of para-hydroxylation sites is 1. The molecule has 2 heteroatoms. The van der Waals surface area contributed by atoms with E-state index in [0.717, 1.165) is 6.54 Å². The molecule has 0 atom stereocenters. The Labute approximate surface area is 90.5 Å². The van der Waals surface area contributed by atoms with E-state index < -0.39 is 0 Å². The number of nitrogens with zero attached hydrogens (tertiary/aromatic N) is 2. The Morgan fingerprint density at radius 3 is 2.80 bits per heavy atom. The lowest BCUT2D eigenvalue weighted by Crippen LogP contribution is -2.05. The molecule has 2 nitrogen and oxygen atoms in total. The van der Waals surface area contributed by atoms with Gasteiger partial charge in [-0.1, -0.05) is 18.2 Å². The molecule has 0 aliphatic carbocycles. The average molecular weight is 201 g/mol. The maximum atomic E-state index is 2.20. The summed E-state index contributed by atoms with van der Waals surface area (Å²) >= 11 is 0. The molecule has 0 aliphatic heterocycles. The number of aryl methyl sites for hydroxylation is 1. The number of hydrogen-bond donors (Lipinski definition) is 0. The standard InChI is InChI=1S/C13H17N2/c1-4-14(2)9-11-10-15(3)13-8-6-5-7-12(11)13/h5-10H,4H2,1-3H3/q+1. The number of rotatable bonds is 2. The zero-order chi connectivity index (χ0) is 10.8. The Bertz CT molecular complexity index is 506. The van der Waals surface area contributed by atoms with Crippen LogP contribution in [0.25, 0.3) is 10.9 Å². The van der Waals surface area contributed by atoms with Gasteiger partial charge in [0.15, 0.2) is 6.21 Å². The molecule has 0 fully saturated rings. The van der Waals surface area contributed by atoms with Crippen LogP contribution in [-0.2, 0) is 7.05 Å². The first-order valence-electron chi connectivity index (χ1n) is 5.31. The van der Waals surface area contributed by atoms with Crippen LogP contribution in [0.15, 0.2) is 30.5 Å². The molecule has 0 radical (unpaired) electrons. The Morgan fingerprint density at radius 1 is 1.33 bits per heavy atom. The Balaban J connectivity index is 2.62. The molecule has 1 heterocycles. The molecule has 1 aromatic heterocycles. The van der Waals surface area contributed by atoms with Crippen LogP contribution < -0.4 is 0 Å². The Morgan fingerprint density at radius 2 is 2.07 bits per heavy atom. The van der Waals surface area contributed by atoms with Gasteiger partial charge in [-0.2, -0.15) is 0 Å². The van der Waals surface area contributed by atoms with Crippen LogP contribution in [0.5, 0.6) is 0 Å². The van der Waals surface area contributed by atoms with E-state index in [1.54, 1.807) is 0 Å². The highest BCUT2D eigenvalue weighted by Crippen LogP contribution is 2.18. The number of fused-ring (bicyclic) bond motifs is 1. The second kappa shape index (κ2) is 3.89. The number of benzene rings is 1. The van der Waals surface area contributed by atoms with Gasteiger partial charge in [0.05, 0.1) is 5.56 Å². The third-order valence-corrected chi connectivity index (χ3v) is 2.79. The van der Waals surface area contributed by atoms with Crippen molar-refractivity contribution in [3.05, 3.63) is 36.0 Å². The lowest BCUT2D eigenvalue weighted by molar-refractivity contribution is -0.488. The van der Waals surface area contributed by atoms with Crippen LogP contribution in [0.2, 0.25) is 0 Å². The Kier molecular flexibility index (Phi) is 2.58. The van der Waals surface area contributed by atoms with Crippen molar-refractivity contribution in [3.63, 3.8) is 0 Å². The fourth-order valence-corrected chi connectivity index (χ4v) is 1.80. The molecular formula is C13H17N2+. The molecule has 0 saturated heterocycles. The minimum absolute atomic E-state index is 1.03. The van der Waals surface area contributed by atoms with E-state index in [1.165, 1.54) is 16.5 Å². The van der Waals surface area contributed by atoms with Crippen LogP contribution in [0, 0.1) is 0 Å². The van der Waals surface area contributed by atoms with Crippen LogP contribution in [0.1, 0.15) is 12.5 Å². The summed E-state index contributed by atoms with van der Waals surface area (Å²) in [5.41, 5.74) is 2.57. The third-order valence-electron chi connectivity index (χ3n) is 2.79. The summed E-state index contributed by atoms with van der Waals surface area (Å²) < 4.78 is 4.37. The second-order valence-electron chi connectivity index (χ2n) is 3.91. The molecule has 0 saturated carbocycles. The van der Waals surface area contributed by atoms with Crippen molar-refractivity contribution < 1.29 is 4.58 Å². The topological polar surface area (TPSA) is 7.94 Å². The van der Waals surface area contributed by atoms with Crippen LogP contribution in [-0.4, -0.2) is 28.9 Å². The summed E-state index contributed by atoms with van der Waals surface area (Å²) in [6, 6.07) is 8.49. The van der Waals surface area contributed by atoms with Crippen LogP contribution in [0.4, 0.5) is 0 Å². The molecule has 78 valence electrons. The molecule has 1 aromatic carbocycles. The highest BCUT2D eigenvalue weighted by Gasteiger charge is 2.06. The summed E-state index contributed by atoms with van der Waals surface area (Å²) in [5.74, 6) is 0. The quantitative estimate of drug-likeness (QED) is 0.520. The molecule has 0 amide bonds. The highest BCUT2D eigenvalue weighted by molar-refractivity contribution is 5.97. The molecule has 0 spiro atoms. The zero-order valence-corrected chi connectivity index (χ0v) is 9.57. The van der Waals surface area contributed by atoms with Gasteiger partial charge >= 0.3 is 0 Å². The fraction of sp³-hybridized carbons (Fsp3) is 0.308. The fourth-order valence-electron chi connectivity index (χ4n) is 1.80. The summed E-state index contributed by atoms with van der Waals surface area (Å²) in [7, 11) is 4.19. The first kappa shape index (κ1) is 9.97. The van der Waals surface area contributed by atoms with Crippen molar-refractivity contribution in [1.82, 2.24) is 4.57 Å². The van der Waals surface area contributed by atoms with Crippen LogP contribution in [0.3, 0.4) is 0 Å². The first-order chi connectivity index (χ1) is 7.22. The summed E-state index contributed by atoms with van der Waals surface area (Å²) in [4.78, 5) is 0. The van der Waals surface area contributed by atoms with Crippen molar-refractivity contribution in [2.45, 2.75) is 6.92 Å². The lowest BCUT2D eigenvalue weighted by Gasteiger charge is -1.93. The molecule has 0 unspecified atom stereocenters. The van der Waals surface area contributed by atoms with Crippen molar-refractivity contribution in [2.75, 3.05) is 13.6 Å². The predicted molar refractivity (Wildman–Crippen MR) is 64.8 cm³/mol. The van der Waals surface area contributed by atoms with Crippen molar-refractivity contribution in [2.24, 2.45) is 7.05 Å². The van der Waals surface area contributed by atoms with Gasteiger partial charge in [-0.25, -0.2) is 4.58 Å². The Hall–Kier alpha value is -1.57. The third kappa shape index (κ3) is 1.80. The SMILES string of the molecule is CC/[N+](C)=C/c1cn(C)c2ccccc12. The summed E-state index contributed by atoms with van der Waals surface area (Å²) in [5, 5.41) is 1.32. The largest absolute Gasteiger partial charge is 0.350 e. The van der Waals surface area contributed by atoms with Crippen molar-refractivity contribution in [3.8, 4) is 0 Å². The molecule has 0 aliphatic rings. The molecule has 0 N–H and O–H groups in total. The normalized spacial score (nSPS) is 12.3. The van der Waals surface area contributed by atoms with Gasteiger partial charge in [-0.05, 0) is 13.0 Å². The molecule has 15 heavy (non-hydrogen) atoms. The first-order valence-corrected chi connectivity index (χ1v) is 5.31. The smallest absolute Gasteiger partial charge is 0.172 e. The summed E-state index contributed by atoms with van der Waals surface area (Å²) in [6.45, 7) is 3.19. The maximum absolute atomic E-state index is 2.20. The number of aromatic nitrogens is 1. The van der Waals surface area contributed by atoms with Crippen molar-refractivity contribution >= 4 is 17.1 Å². The van der Waals surface area contributed by atoms with E-state index in [0.29, 0.717) is 0 Å². The van der Waals surface area contributed by atoms with E-state index in [1.807, 2.05) is 0 Å². The number of hydrogen-bond acceptors (Lipinski definition) is 0. The molecule has 2 rings (SSSR count). The zero-order valence-electron chi connectivity index (χ0n) is 9.57. The lowest BCUT2D eigenvalue weighted by atomic mass is 10.2. The molecule has 0 bridgehead atoms. The minimum Gasteiger partial charge on any atom is -0.350 e. The molecular weight excluding hydrogens is 184 g/mol. The predicted octanol–water partition coefficient (Wildman–Crippen LogP) is 2.26. The van der Waals surface area contributed by atoms with Crippen molar-refractivity contribution in [1.29, 1.82) is 0 Å². The monoisotopic (exact) mass is 201 g/mol. The van der Waals surface area contributed by atoms with Crippen LogP contribution >= 0.6 is 0 Å². The van der Waals surface area contributed by atoms with Gasteiger partial charge in [-0.15, -0.1) is 0 Å². The van der Waals surface area contributed by atoms with Gasteiger partial charge in [0.1, 0.15) is 13.6 Å². The summed E-state index contributed by atoms with van der Waals surface area (Å²) in [6.07, 6.45) is 4.37. The average Bonchev–Trinajstić information content (AvgIpc) is 2.57. The van der Waals surface area contributed by atoms with Gasteiger partial charge in [0.2, 0.25) is 0 Å². The van der Waals surface area contributed by atoms with E-state index in [9.17, 15) is 0 Å². The maximum Gasteiger partial charge on any atom is 0.172 e. The van der Waals surface area contributed by atoms with Gasteiger partial charge in [0, 0.05) is 24.1 Å².